The molecule has 1 unspecified atom stereocenters. The molecule has 0 aliphatic carbocycles. The van der Waals surface area contributed by atoms with Crippen LogP contribution in [0.25, 0.3) is 21.6 Å². The highest BCUT2D eigenvalue weighted by Gasteiger charge is 2.29. The molecule has 1 atom stereocenters. The fourth-order valence-corrected chi connectivity index (χ4v) is 5.26. The molecule has 3 aromatic heterocycles. The minimum atomic E-state index is -0.642. The second kappa shape index (κ2) is 10.00. The van der Waals surface area contributed by atoms with Gasteiger partial charge in [-0.1, -0.05) is 36.4 Å². The van der Waals surface area contributed by atoms with Crippen LogP contribution in [0.1, 0.15) is 48.7 Å². The van der Waals surface area contributed by atoms with Gasteiger partial charge < -0.3 is 10.2 Å². The van der Waals surface area contributed by atoms with Crippen molar-refractivity contribution in [1.82, 2.24) is 25.0 Å². The van der Waals surface area contributed by atoms with Gasteiger partial charge in [0, 0.05) is 25.6 Å². The number of carbonyl (C=O) groups is 2. The van der Waals surface area contributed by atoms with Gasteiger partial charge >= 0.3 is 0 Å². The molecule has 8 heteroatoms. The van der Waals surface area contributed by atoms with Gasteiger partial charge in [0.2, 0.25) is 5.91 Å². The highest BCUT2D eigenvalue weighted by molar-refractivity contribution is 7.13. The molecule has 7 nitrogen and oxygen atoms in total. The van der Waals surface area contributed by atoms with Crippen LogP contribution in [0.4, 0.5) is 0 Å². The van der Waals surface area contributed by atoms with Crippen molar-refractivity contribution in [2.75, 3.05) is 13.1 Å². The average molecular weight is 488 g/mol. The highest BCUT2D eigenvalue weighted by atomic mass is 32.1. The molecule has 0 saturated carbocycles. The first kappa shape index (κ1) is 23.2. The van der Waals surface area contributed by atoms with Gasteiger partial charge in [-0.2, -0.15) is 5.10 Å². The van der Waals surface area contributed by atoms with Crippen molar-refractivity contribution in [3.8, 4) is 10.6 Å². The Morgan fingerprint density at radius 3 is 2.54 bits per heavy atom. The number of benzene rings is 1. The third-order valence-electron chi connectivity index (χ3n) is 6.38. The van der Waals surface area contributed by atoms with Crippen molar-refractivity contribution in [1.29, 1.82) is 0 Å². The zero-order valence-corrected chi connectivity index (χ0v) is 20.8. The molecule has 2 amide bonds. The molecule has 0 radical (unpaired) electrons. The predicted molar refractivity (Wildman–Crippen MR) is 138 cm³/mol. The number of nitrogens with zero attached hydrogens (tertiary/aromatic N) is 4. The van der Waals surface area contributed by atoms with Gasteiger partial charge in [-0.15, -0.1) is 11.3 Å². The van der Waals surface area contributed by atoms with E-state index in [9.17, 15) is 9.59 Å². The van der Waals surface area contributed by atoms with Gasteiger partial charge in [-0.05, 0) is 49.8 Å². The van der Waals surface area contributed by atoms with Crippen molar-refractivity contribution >= 4 is 34.2 Å². The number of aromatic nitrogens is 3. The van der Waals surface area contributed by atoms with E-state index in [0.29, 0.717) is 23.0 Å². The Morgan fingerprint density at radius 1 is 1.09 bits per heavy atom. The fourth-order valence-electron chi connectivity index (χ4n) is 4.58. The van der Waals surface area contributed by atoms with Crippen molar-refractivity contribution in [2.24, 2.45) is 0 Å². The van der Waals surface area contributed by atoms with E-state index < -0.39 is 6.04 Å². The SMILES string of the molecule is CC(C)n1ncc2c(C(=O)NC(Cc3ccccc3)C(=O)N3CCCC3)cc(-c3cccs3)nc21. The van der Waals surface area contributed by atoms with Gasteiger partial charge in [0.15, 0.2) is 5.65 Å². The number of likely N-dealkylation sites (tertiary alicyclic amines) is 1. The molecule has 4 heterocycles. The molecule has 180 valence electrons. The number of pyridine rings is 1. The minimum Gasteiger partial charge on any atom is -0.341 e. The van der Waals surface area contributed by atoms with Crippen LogP contribution in [0.2, 0.25) is 0 Å². The van der Waals surface area contributed by atoms with Gasteiger partial charge in [-0.25, -0.2) is 9.67 Å². The van der Waals surface area contributed by atoms with Gasteiger partial charge in [-0.3, -0.25) is 9.59 Å². The Bertz CT molecular complexity index is 1320. The Morgan fingerprint density at radius 2 is 1.86 bits per heavy atom. The van der Waals surface area contributed by atoms with Crippen LogP contribution in [-0.2, 0) is 11.2 Å². The summed E-state index contributed by atoms with van der Waals surface area (Å²) in [7, 11) is 0. The number of amides is 2. The first-order chi connectivity index (χ1) is 17.0. The molecule has 1 fully saturated rings. The molecule has 35 heavy (non-hydrogen) atoms. The number of thiophene rings is 1. The monoisotopic (exact) mass is 487 g/mol. The van der Waals surface area contributed by atoms with Crippen LogP contribution < -0.4 is 5.32 Å². The zero-order valence-electron chi connectivity index (χ0n) is 20.0. The maximum absolute atomic E-state index is 13.7. The molecule has 5 rings (SSSR count). The van der Waals surface area contributed by atoms with E-state index in [1.54, 1.807) is 17.5 Å². The molecule has 1 saturated heterocycles. The summed E-state index contributed by atoms with van der Waals surface area (Å²) >= 11 is 1.57. The predicted octanol–water partition coefficient (Wildman–Crippen LogP) is 4.70. The number of fused-ring (bicyclic) bond motifs is 1. The molecule has 1 aliphatic rings. The molecule has 0 bridgehead atoms. The maximum Gasteiger partial charge on any atom is 0.252 e. The Kier molecular flexibility index (Phi) is 6.63. The van der Waals surface area contributed by atoms with Crippen LogP contribution >= 0.6 is 11.3 Å². The molecular weight excluding hydrogens is 458 g/mol. The van der Waals surface area contributed by atoms with E-state index in [4.69, 9.17) is 4.98 Å². The Hall–Kier alpha value is -3.52. The second-order valence-electron chi connectivity index (χ2n) is 9.20. The quantitative estimate of drug-likeness (QED) is 0.410. The van der Waals surface area contributed by atoms with Gasteiger partial charge in [0.05, 0.1) is 27.7 Å². The summed E-state index contributed by atoms with van der Waals surface area (Å²) in [4.78, 5) is 34.8. The highest BCUT2D eigenvalue weighted by Crippen LogP contribution is 2.29. The first-order valence-corrected chi connectivity index (χ1v) is 12.9. The second-order valence-corrected chi connectivity index (χ2v) is 10.1. The van der Waals surface area contributed by atoms with Gasteiger partial charge in [0.25, 0.3) is 5.91 Å². The molecular formula is C27H29N5O2S. The van der Waals surface area contributed by atoms with E-state index in [-0.39, 0.29) is 17.9 Å². The van der Waals surface area contributed by atoms with Crippen LogP contribution in [0.3, 0.4) is 0 Å². The van der Waals surface area contributed by atoms with Crippen LogP contribution in [0.5, 0.6) is 0 Å². The molecule has 1 N–H and O–H groups in total. The average Bonchev–Trinajstić information content (AvgIpc) is 3.64. The standard InChI is InChI=1S/C27H29N5O2S/c1-18(2)32-25-21(17-28-32)20(16-22(29-25)24-11-8-14-35-24)26(33)30-23(15-19-9-4-3-5-10-19)27(34)31-12-6-7-13-31/h3-5,8-11,14,16-18,23H,6-7,12-13,15H2,1-2H3,(H,30,33). The Labute approximate surface area is 208 Å². The summed E-state index contributed by atoms with van der Waals surface area (Å²) in [5.41, 5.74) is 2.89. The third-order valence-corrected chi connectivity index (χ3v) is 7.27. The zero-order chi connectivity index (χ0) is 24.4. The number of rotatable bonds is 7. The fraction of sp³-hybridized carbons (Fsp3) is 0.333. The lowest BCUT2D eigenvalue weighted by Crippen LogP contribution is -2.49. The van der Waals surface area contributed by atoms with Crippen LogP contribution in [0.15, 0.2) is 60.1 Å². The topological polar surface area (TPSA) is 80.1 Å². The summed E-state index contributed by atoms with van der Waals surface area (Å²) in [6.45, 7) is 5.55. The van der Waals surface area contributed by atoms with E-state index in [1.807, 2.05) is 77.3 Å². The summed E-state index contributed by atoms with van der Waals surface area (Å²) in [6.07, 6.45) is 4.14. The number of hydrogen-bond acceptors (Lipinski definition) is 5. The molecule has 1 aliphatic heterocycles. The molecule has 0 spiro atoms. The third kappa shape index (κ3) is 4.84. The summed E-state index contributed by atoms with van der Waals surface area (Å²) in [5, 5.41) is 10.3. The molecule has 4 aromatic rings. The van der Waals surface area contributed by atoms with E-state index in [0.717, 1.165) is 42.1 Å². The van der Waals surface area contributed by atoms with E-state index in [2.05, 4.69) is 10.4 Å². The summed E-state index contributed by atoms with van der Waals surface area (Å²) in [5.74, 6) is -0.312. The van der Waals surface area contributed by atoms with E-state index >= 15 is 0 Å². The van der Waals surface area contributed by atoms with Crippen LogP contribution in [0, 0.1) is 0 Å². The lowest BCUT2D eigenvalue weighted by atomic mass is 10.0. The van der Waals surface area contributed by atoms with Crippen molar-refractivity contribution in [3.63, 3.8) is 0 Å². The lowest BCUT2D eigenvalue weighted by molar-refractivity contribution is -0.132. The smallest absolute Gasteiger partial charge is 0.252 e. The maximum atomic E-state index is 13.7. The summed E-state index contributed by atoms with van der Waals surface area (Å²) in [6, 6.07) is 15.1. The minimum absolute atomic E-state index is 0.0265. The Balaban J connectivity index is 1.52. The van der Waals surface area contributed by atoms with E-state index in [1.165, 1.54) is 0 Å². The summed E-state index contributed by atoms with van der Waals surface area (Å²) < 4.78 is 1.83. The first-order valence-electron chi connectivity index (χ1n) is 12.1. The largest absolute Gasteiger partial charge is 0.341 e. The number of nitrogens with one attached hydrogen (secondary N) is 1. The lowest BCUT2D eigenvalue weighted by Gasteiger charge is -2.24. The normalized spacial score (nSPS) is 14.5. The number of carbonyl (C=O) groups excluding carboxylic acids is 2. The van der Waals surface area contributed by atoms with Crippen molar-refractivity contribution in [2.45, 2.75) is 45.2 Å². The van der Waals surface area contributed by atoms with Crippen molar-refractivity contribution in [3.05, 3.63) is 71.2 Å². The van der Waals surface area contributed by atoms with Crippen molar-refractivity contribution < 1.29 is 9.59 Å². The van der Waals surface area contributed by atoms with Gasteiger partial charge in [0.1, 0.15) is 6.04 Å². The molecule has 1 aromatic carbocycles. The number of hydrogen-bond donors (Lipinski definition) is 1. The van der Waals surface area contributed by atoms with Crippen LogP contribution in [-0.4, -0.2) is 50.6 Å².